The lowest BCUT2D eigenvalue weighted by Crippen LogP contribution is -2.24. The SMILES string of the molecule is COC(=O)c1ccc2oc(COC(=O)OC(C)(C)C)cc2c1. The smallest absolute Gasteiger partial charge is 0.465 e. The minimum atomic E-state index is -0.761. The molecule has 0 bridgehead atoms. The number of benzene rings is 1. The molecule has 1 heterocycles. The van der Waals surface area contributed by atoms with Crippen molar-refractivity contribution in [3.8, 4) is 0 Å². The fourth-order valence-electron chi connectivity index (χ4n) is 1.82. The minimum Gasteiger partial charge on any atom is -0.465 e. The number of hydrogen-bond donors (Lipinski definition) is 0. The van der Waals surface area contributed by atoms with Gasteiger partial charge in [-0.1, -0.05) is 0 Å². The maximum absolute atomic E-state index is 11.5. The molecular formula is C16H18O6. The van der Waals surface area contributed by atoms with Gasteiger partial charge in [-0.3, -0.25) is 0 Å². The molecule has 1 aromatic carbocycles. The molecule has 1 aromatic heterocycles. The molecular weight excluding hydrogens is 288 g/mol. The molecule has 6 nitrogen and oxygen atoms in total. The van der Waals surface area contributed by atoms with Crippen molar-refractivity contribution in [3.05, 3.63) is 35.6 Å². The highest BCUT2D eigenvalue weighted by Gasteiger charge is 2.18. The van der Waals surface area contributed by atoms with E-state index >= 15 is 0 Å². The van der Waals surface area contributed by atoms with Crippen molar-refractivity contribution in [3.63, 3.8) is 0 Å². The molecule has 0 aliphatic rings. The second-order valence-corrected chi connectivity index (χ2v) is 5.71. The summed E-state index contributed by atoms with van der Waals surface area (Å²) in [6.45, 7) is 5.22. The number of esters is 1. The molecule has 0 unspecified atom stereocenters. The van der Waals surface area contributed by atoms with Gasteiger partial charge < -0.3 is 18.6 Å². The van der Waals surface area contributed by atoms with E-state index < -0.39 is 17.7 Å². The summed E-state index contributed by atoms with van der Waals surface area (Å²) in [5, 5.41) is 0.727. The second-order valence-electron chi connectivity index (χ2n) is 5.71. The summed E-state index contributed by atoms with van der Waals surface area (Å²) < 4.78 is 20.2. The minimum absolute atomic E-state index is 0.0445. The van der Waals surface area contributed by atoms with E-state index in [1.54, 1.807) is 45.0 Å². The Morgan fingerprint density at radius 3 is 2.55 bits per heavy atom. The third kappa shape index (κ3) is 4.00. The van der Waals surface area contributed by atoms with Gasteiger partial charge in [0, 0.05) is 5.39 Å². The predicted molar refractivity (Wildman–Crippen MR) is 78.6 cm³/mol. The van der Waals surface area contributed by atoms with Gasteiger partial charge in [-0.05, 0) is 45.0 Å². The topological polar surface area (TPSA) is 75.0 Å². The Kier molecular flexibility index (Phi) is 4.40. The molecule has 0 spiro atoms. The largest absolute Gasteiger partial charge is 0.509 e. The maximum atomic E-state index is 11.5. The van der Waals surface area contributed by atoms with Crippen molar-refractivity contribution >= 4 is 23.1 Å². The van der Waals surface area contributed by atoms with Crippen LogP contribution >= 0.6 is 0 Å². The molecule has 0 saturated heterocycles. The van der Waals surface area contributed by atoms with Gasteiger partial charge in [-0.15, -0.1) is 0 Å². The summed E-state index contributed by atoms with van der Waals surface area (Å²) in [5.74, 6) is 0.0394. The molecule has 0 saturated carbocycles. The molecule has 118 valence electrons. The standard InChI is InChI=1S/C16H18O6/c1-16(2,3)22-15(18)20-9-12-8-11-7-10(14(17)19-4)5-6-13(11)21-12/h5-8H,9H2,1-4H3. The highest BCUT2D eigenvalue weighted by atomic mass is 16.7. The maximum Gasteiger partial charge on any atom is 0.509 e. The van der Waals surface area contributed by atoms with Crippen LogP contribution in [0.25, 0.3) is 11.0 Å². The van der Waals surface area contributed by atoms with Crippen LogP contribution in [-0.4, -0.2) is 24.8 Å². The van der Waals surface area contributed by atoms with Crippen LogP contribution in [0.2, 0.25) is 0 Å². The Hall–Kier alpha value is -2.50. The van der Waals surface area contributed by atoms with E-state index in [9.17, 15) is 9.59 Å². The van der Waals surface area contributed by atoms with Crippen molar-refractivity contribution in [2.75, 3.05) is 7.11 Å². The van der Waals surface area contributed by atoms with E-state index in [-0.39, 0.29) is 6.61 Å². The summed E-state index contributed by atoms with van der Waals surface area (Å²) >= 11 is 0. The fraction of sp³-hybridized carbons (Fsp3) is 0.375. The molecule has 0 N–H and O–H groups in total. The summed E-state index contributed by atoms with van der Waals surface area (Å²) in [5.41, 5.74) is 0.409. The van der Waals surface area contributed by atoms with Crippen LogP contribution in [0.5, 0.6) is 0 Å². The third-order valence-electron chi connectivity index (χ3n) is 2.71. The van der Waals surface area contributed by atoms with E-state index in [0.29, 0.717) is 16.9 Å². The van der Waals surface area contributed by atoms with Crippen LogP contribution in [0.15, 0.2) is 28.7 Å². The predicted octanol–water partition coefficient (Wildman–Crippen LogP) is 3.67. The zero-order valence-corrected chi connectivity index (χ0v) is 13.0. The Balaban J connectivity index is 2.07. The van der Waals surface area contributed by atoms with Gasteiger partial charge in [-0.2, -0.15) is 0 Å². The van der Waals surface area contributed by atoms with E-state index in [1.807, 2.05) is 0 Å². The van der Waals surface area contributed by atoms with Gasteiger partial charge in [0.2, 0.25) is 0 Å². The summed E-state index contributed by atoms with van der Waals surface area (Å²) in [4.78, 5) is 23.0. The van der Waals surface area contributed by atoms with E-state index in [0.717, 1.165) is 5.39 Å². The van der Waals surface area contributed by atoms with Crippen molar-refractivity contribution in [2.24, 2.45) is 0 Å². The molecule has 0 amide bonds. The normalized spacial score (nSPS) is 11.3. The van der Waals surface area contributed by atoms with Crippen molar-refractivity contribution in [1.82, 2.24) is 0 Å². The van der Waals surface area contributed by atoms with Crippen molar-refractivity contribution in [1.29, 1.82) is 0 Å². The number of methoxy groups -OCH3 is 1. The van der Waals surface area contributed by atoms with Gasteiger partial charge in [0.15, 0.2) is 6.61 Å². The van der Waals surface area contributed by atoms with Gasteiger partial charge >= 0.3 is 12.1 Å². The van der Waals surface area contributed by atoms with Crippen LogP contribution in [0, 0.1) is 0 Å². The van der Waals surface area contributed by atoms with Crippen molar-refractivity contribution < 1.29 is 28.2 Å². The number of carbonyl (C=O) groups excluding carboxylic acids is 2. The highest BCUT2D eigenvalue weighted by molar-refractivity contribution is 5.94. The number of rotatable bonds is 3. The van der Waals surface area contributed by atoms with E-state index in [2.05, 4.69) is 4.74 Å². The van der Waals surface area contributed by atoms with Crippen LogP contribution < -0.4 is 0 Å². The molecule has 0 aliphatic carbocycles. The summed E-state index contributed by atoms with van der Waals surface area (Å²) in [7, 11) is 1.32. The van der Waals surface area contributed by atoms with Gasteiger partial charge in [0.1, 0.15) is 16.9 Å². The van der Waals surface area contributed by atoms with E-state index in [1.165, 1.54) is 7.11 Å². The molecule has 0 aliphatic heterocycles. The lowest BCUT2D eigenvalue weighted by Gasteiger charge is -2.18. The number of hydrogen-bond acceptors (Lipinski definition) is 6. The second kappa shape index (κ2) is 6.09. The van der Waals surface area contributed by atoms with Gasteiger partial charge in [-0.25, -0.2) is 9.59 Å². The molecule has 0 radical (unpaired) electrons. The van der Waals surface area contributed by atoms with Gasteiger partial charge in [0.05, 0.1) is 12.7 Å². The van der Waals surface area contributed by atoms with Crippen LogP contribution in [0.1, 0.15) is 36.9 Å². The quantitative estimate of drug-likeness (QED) is 0.805. The zero-order chi connectivity index (χ0) is 16.3. The first-order chi connectivity index (χ1) is 10.3. The Labute approximate surface area is 127 Å². The number of ether oxygens (including phenoxy) is 3. The van der Waals surface area contributed by atoms with E-state index in [4.69, 9.17) is 13.9 Å². The molecule has 0 atom stereocenters. The molecule has 2 rings (SSSR count). The Morgan fingerprint density at radius 1 is 1.18 bits per heavy atom. The molecule has 6 heteroatoms. The van der Waals surface area contributed by atoms with Crippen LogP contribution in [0.4, 0.5) is 4.79 Å². The summed E-state index contributed by atoms with van der Waals surface area (Å²) in [6.07, 6.45) is -0.761. The zero-order valence-electron chi connectivity index (χ0n) is 13.0. The van der Waals surface area contributed by atoms with Crippen molar-refractivity contribution in [2.45, 2.75) is 33.0 Å². The average Bonchev–Trinajstić information content (AvgIpc) is 2.84. The monoisotopic (exact) mass is 306 g/mol. The highest BCUT2D eigenvalue weighted by Crippen LogP contribution is 2.22. The Bertz CT molecular complexity index is 692. The summed E-state index contributed by atoms with van der Waals surface area (Å²) in [6, 6.07) is 6.63. The molecule has 22 heavy (non-hydrogen) atoms. The first kappa shape index (κ1) is 15.9. The van der Waals surface area contributed by atoms with Crippen LogP contribution in [0.3, 0.4) is 0 Å². The number of carbonyl (C=O) groups is 2. The Morgan fingerprint density at radius 2 is 1.91 bits per heavy atom. The lowest BCUT2D eigenvalue weighted by molar-refractivity contribution is -0.0130. The first-order valence-corrected chi connectivity index (χ1v) is 6.75. The fourth-order valence-corrected chi connectivity index (χ4v) is 1.82. The third-order valence-corrected chi connectivity index (χ3v) is 2.71. The first-order valence-electron chi connectivity index (χ1n) is 6.75. The van der Waals surface area contributed by atoms with Crippen LogP contribution in [-0.2, 0) is 20.8 Å². The number of fused-ring (bicyclic) bond motifs is 1. The number of furan rings is 1. The molecule has 2 aromatic rings. The molecule has 0 fully saturated rings. The average molecular weight is 306 g/mol. The van der Waals surface area contributed by atoms with Gasteiger partial charge in [0.25, 0.3) is 0 Å². The lowest BCUT2D eigenvalue weighted by atomic mass is 10.1.